The van der Waals surface area contributed by atoms with E-state index in [0.29, 0.717) is 0 Å². The van der Waals surface area contributed by atoms with Gasteiger partial charge in [-0.2, -0.15) is 5.92 Å². The quantitative estimate of drug-likeness (QED) is 0.245. The van der Waals surface area contributed by atoms with E-state index in [1.807, 2.05) is 13.8 Å². The van der Waals surface area contributed by atoms with Crippen molar-refractivity contribution in [1.82, 2.24) is 0 Å². The summed E-state index contributed by atoms with van der Waals surface area (Å²) in [6, 6.07) is 0. The van der Waals surface area contributed by atoms with E-state index in [-0.39, 0.29) is 52.5 Å². The van der Waals surface area contributed by atoms with Crippen LogP contribution >= 0.6 is 0 Å². The molecule has 2 nitrogen and oxygen atoms in total. The van der Waals surface area contributed by atoms with Crippen molar-refractivity contribution in [3.8, 4) is 0 Å². The Labute approximate surface area is 94.4 Å². The Morgan fingerprint density at radius 3 is 2.25 bits per heavy atom. The number of hydrogen-bond donors (Lipinski definition) is 0. The van der Waals surface area contributed by atoms with E-state index in [9.17, 15) is 9.59 Å². The summed E-state index contributed by atoms with van der Waals surface area (Å²) < 4.78 is 0. The maximum Gasteiger partial charge on any atom is 1.00 e. The van der Waals surface area contributed by atoms with Crippen LogP contribution < -0.4 is 29.6 Å². The Morgan fingerprint density at radius 1 is 1.42 bits per heavy atom. The molecule has 0 aromatic rings. The largest absolute Gasteiger partial charge is 1.00 e. The zero-order valence-electron chi connectivity index (χ0n) is 7.81. The Bertz CT molecular complexity index is 221. The molecule has 0 heterocycles. The van der Waals surface area contributed by atoms with Crippen LogP contribution in [0.25, 0.3) is 0 Å². The SMILES string of the molecule is CC1(C)[C-]2CCC1C(=O)C2=O.[Na+]. The molecular formula is C9H11NaO2. The summed E-state index contributed by atoms with van der Waals surface area (Å²) >= 11 is 0. The molecule has 2 rings (SSSR count). The molecule has 1 atom stereocenters. The fourth-order valence-electron chi connectivity index (χ4n) is 2.35. The third kappa shape index (κ3) is 1.02. The van der Waals surface area contributed by atoms with Crippen LogP contribution in [0.1, 0.15) is 26.7 Å². The van der Waals surface area contributed by atoms with Gasteiger partial charge in [-0.25, -0.2) is 0 Å². The van der Waals surface area contributed by atoms with E-state index >= 15 is 0 Å². The third-order valence-electron chi connectivity index (χ3n) is 3.15. The predicted octanol–water partition coefficient (Wildman–Crippen LogP) is -1.85. The van der Waals surface area contributed by atoms with E-state index in [4.69, 9.17) is 0 Å². The van der Waals surface area contributed by atoms with Crippen molar-refractivity contribution in [2.24, 2.45) is 11.3 Å². The zero-order chi connectivity index (χ0) is 8.22. The van der Waals surface area contributed by atoms with Crippen LogP contribution in [0.15, 0.2) is 0 Å². The number of carbonyl (C=O) groups is 2. The van der Waals surface area contributed by atoms with Crippen LogP contribution in [0.5, 0.6) is 0 Å². The number of rotatable bonds is 0. The summed E-state index contributed by atoms with van der Waals surface area (Å²) in [6.07, 6.45) is 1.75. The summed E-state index contributed by atoms with van der Waals surface area (Å²) in [7, 11) is 0. The van der Waals surface area contributed by atoms with Gasteiger partial charge in [0, 0.05) is 5.78 Å². The number of Topliss-reactive ketones (excluding diaryl/α,β-unsaturated/α-hetero) is 2. The van der Waals surface area contributed by atoms with Gasteiger partial charge in [0.1, 0.15) is 0 Å². The van der Waals surface area contributed by atoms with Crippen molar-refractivity contribution >= 4 is 11.6 Å². The Kier molecular flexibility index (Phi) is 2.45. The average molecular weight is 174 g/mol. The average Bonchev–Trinajstić information content (AvgIpc) is 2.27. The first-order valence-electron chi connectivity index (χ1n) is 4.00. The Hall–Kier alpha value is 0.210. The minimum Gasteiger partial charge on any atom is -0.403 e. The van der Waals surface area contributed by atoms with E-state index in [1.165, 1.54) is 0 Å². The summed E-state index contributed by atoms with van der Waals surface area (Å²) in [5.41, 5.74) is -0.117. The predicted molar refractivity (Wildman–Crippen MR) is 39.8 cm³/mol. The van der Waals surface area contributed by atoms with Crippen LogP contribution in [0.4, 0.5) is 0 Å². The normalized spacial score (nSPS) is 30.8. The van der Waals surface area contributed by atoms with Gasteiger partial charge in [0.05, 0.1) is 5.78 Å². The second-order valence-electron chi connectivity index (χ2n) is 3.98. The van der Waals surface area contributed by atoms with Gasteiger partial charge in [-0.15, -0.1) is 0 Å². The topological polar surface area (TPSA) is 34.1 Å². The van der Waals surface area contributed by atoms with Crippen molar-refractivity contribution in [2.45, 2.75) is 26.7 Å². The molecule has 2 bridgehead atoms. The Balaban J connectivity index is 0.000000720. The van der Waals surface area contributed by atoms with Crippen LogP contribution in [-0.2, 0) is 9.59 Å². The van der Waals surface area contributed by atoms with E-state index in [2.05, 4.69) is 0 Å². The maximum absolute atomic E-state index is 11.2. The van der Waals surface area contributed by atoms with Crippen LogP contribution in [0.2, 0.25) is 0 Å². The summed E-state index contributed by atoms with van der Waals surface area (Å²) in [6.45, 7) is 4.01. The van der Waals surface area contributed by atoms with E-state index in [0.717, 1.165) is 18.8 Å². The van der Waals surface area contributed by atoms with E-state index in [1.54, 1.807) is 0 Å². The first-order valence-corrected chi connectivity index (χ1v) is 4.00. The maximum atomic E-state index is 11.2. The van der Waals surface area contributed by atoms with Crippen molar-refractivity contribution in [2.75, 3.05) is 0 Å². The minimum atomic E-state index is -0.189. The summed E-state index contributed by atoms with van der Waals surface area (Å²) in [5, 5.41) is 0. The molecule has 2 saturated carbocycles. The van der Waals surface area contributed by atoms with Gasteiger partial charge in [0.2, 0.25) is 0 Å². The molecule has 2 fully saturated rings. The second-order valence-corrected chi connectivity index (χ2v) is 3.98. The Morgan fingerprint density at radius 2 is 2.00 bits per heavy atom. The number of hydrogen-bond acceptors (Lipinski definition) is 2. The molecule has 3 heteroatoms. The van der Waals surface area contributed by atoms with Gasteiger partial charge in [0.25, 0.3) is 0 Å². The smallest absolute Gasteiger partial charge is 0.403 e. The van der Waals surface area contributed by atoms with Gasteiger partial charge in [-0.1, -0.05) is 38.0 Å². The molecule has 0 spiro atoms. The fraction of sp³-hybridized carbons (Fsp3) is 0.667. The van der Waals surface area contributed by atoms with Crippen molar-refractivity contribution in [3.05, 3.63) is 5.92 Å². The first-order chi connectivity index (χ1) is 5.05. The number of fused-ring (bicyclic) bond motifs is 2. The standard InChI is InChI=1S/C9H11O2.Na/c1-9(2)5-3-4-6(9)8(11)7(5)10;/h5H,3-4H2,1-2H3;/q-1;+1. The molecule has 0 aromatic carbocycles. The monoisotopic (exact) mass is 174 g/mol. The van der Waals surface area contributed by atoms with Gasteiger partial charge in [-0.3, -0.25) is 0 Å². The molecule has 0 radical (unpaired) electrons. The number of carbonyl (C=O) groups excluding carboxylic acids is 2. The molecule has 0 aromatic heterocycles. The summed E-state index contributed by atoms with van der Waals surface area (Å²) in [5.74, 6) is 0.542. The zero-order valence-corrected chi connectivity index (χ0v) is 9.81. The number of ketones is 2. The van der Waals surface area contributed by atoms with Crippen molar-refractivity contribution in [3.63, 3.8) is 0 Å². The second kappa shape index (κ2) is 2.86. The molecular weight excluding hydrogens is 163 g/mol. The van der Waals surface area contributed by atoms with Crippen molar-refractivity contribution in [1.29, 1.82) is 0 Å². The third-order valence-corrected chi connectivity index (χ3v) is 3.15. The summed E-state index contributed by atoms with van der Waals surface area (Å²) in [4.78, 5) is 22.4. The molecule has 0 aliphatic heterocycles. The molecule has 12 heavy (non-hydrogen) atoms. The molecule has 1 unspecified atom stereocenters. The molecule has 0 N–H and O–H groups in total. The van der Waals surface area contributed by atoms with Crippen LogP contribution in [-0.4, -0.2) is 11.6 Å². The fourth-order valence-corrected chi connectivity index (χ4v) is 2.35. The van der Waals surface area contributed by atoms with E-state index < -0.39 is 0 Å². The van der Waals surface area contributed by atoms with Crippen molar-refractivity contribution < 1.29 is 39.1 Å². The molecule has 0 amide bonds. The van der Waals surface area contributed by atoms with Gasteiger partial charge < -0.3 is 9.59 Å². The molecule has 2 aliphatic rings. The van der Waals surface area contributed by atoms with Gasteiger partial charge >= 0.3 is 29.6 Å². The van der Waals surface area contributed by atoms with Gasteiger partial charge in [0.15, 0.2) is 0 Å². The van der Waals surface area contributed by atoms with Crippen LogP contribution in [0, 0.1) is 17.3 Å². The minimum absolute atomic E-state index is 0. The van der Waals surface area contributed by atoms with Crippen LogP contribution in [0.3, 0.4) is 0 Å². The molecule has 60 valence electrons. The molecule has 2 aliphatic carbocycles. The molecule has 0 saturated heterocycles. The first kappa shape index (κ1) is 10.3. The van der Waals surface area contributed by atoms with Gasteiger partial charge in [-0.05, 0) is 0 Å².